The van der Waals surface area contributed by atoms with Crippen LogP contribution in [0.1, 0.15) is 20.7 Å². The molecule has 0 aliphatic carbocycles. The summed E-state index contributed by atoms with van der Waals surface area (Å²) >= 11 is 6.32. The molecule has 0 N–H and O–H groups in total. The Balaban J connectivity index is 2.17. The number of carbonyl (C=O) groups is 2. The second kappa shape index (κ2) is 6.22. The minimum atomic E-state index is 0.00191. The van der Waals surface area contributed by atoms with Crippen LogP contribution in [0.5, 0.6) is 0 Å². The molecule has 0 fully saturated rings. The summed E-state index contributed by atoms with van der Waals surface area (Å²) in [4.78, 5) is 32.5. The number of hydrogen-bond donors (Lipinski definition) is 0. The van der Waals surface area contributed by atoms with Crippen LogP contribution in [-0.2, 0) is 0 Å². The van der Waals surface area contributed by atoms with Gasteiger partial charge in [0.2, 0.25) is 0 Å². The number of Topliss-reactive ketones (excluding diaryl/α,β-unsaturated/α-hetero) is 2. The van der Waals surface area contributed by atoms with E-state index in [2.05, 4.69) is 41.8 Å². The van der Waals surface area contributed by atoms with E-state index in [-0.39, 0.29) is 22.2 Å². The van der Waals surface area contributed by atoms with Gasteiger partial charge >= 0.3 is 0 Å². The Morgan fingerprint density at radius 1 is 0.727 bits per heavy atom. The Morgan fingerprint density at radius 2 is 1.14 bits per heavy atom. The van der Waals surface area contributed by atoms with Crippen molar-refractivity contribution < 1.29 is 9.59 Å². The maximum atomic E-state index is 11.7. The number of fused-ring (bicyclic) bond motifs is 2. The van der Waals surface area contributed by atoms with Crippen LogP contribution in [0, 0.1) is 0 Å². The molecule has 0 saturated carbocycles. The summed E-state index contributed by atoms with van der Waals surface area (Å²) in [6, 6.07) is 10.5. The van der Waals surface area contributed by atoms with Gasteiger partial charge in [-0.25, -0.2) is 9.97 Å². The van der Waals surface area contributed by atoms with Crippen molar-refractivity contribution in [1.82, 2.24) is 9.97 Å². The van der Waals surface area contributed by atoms with Gasteiger partial charge in [-0.2, -0.15) is 0 Å². The van der Waals surface area contributed by atoms with Crippen LogP contribution in [-0.4, -0.2) is 32.2 Å². The summed E-state index contributed by atoms with van der Waals surface area (Å²) in [6.07, 6.45) is 0. The fraction of sp³-hybridized carbons (Fsp3) is 0.125. The molecule has 2 aromatic carbocycles. The molecule has 1 heterocycles. The molecular formula is C16H10Br2N2O2. The molecule has 0 radical (unpaired) electrons. The van der Waals surface area contributed by atoms with E-state index >= 15 is 0 Å². The second-order valence-electron chi connectivity index (χ2n) is 4.74. The van der Waals surface area contributed by atoms with Crippen LogP contribution in [0.3, 0.4) is 0 Å². The summed E-state index contributed by atoms with van der Waals surface area (Å²) in [5.74, 6) is 0.00382. The van der Waals surface area contributed by atoms with E-state index < -0.39 is 0 Å². The fourth-order valence-electron chi connectivity index (χ4n) is 2.18. The third-order valence-corrected chi connectivity index (χ3v) is 4.34. The lowest BCUT2D eigenvalue weighted by Gasteiger charge is -2.04. The lowest BCUT2D eigenvalue weighted by molar-refractivity contribution is 0.101. The molecule has 0 atom stereocenters. The summed E-state index contributed by atoms with van der Waals surface area (Å²) < 4.78 is 0. The molecule has 0 spiro atoms. The van der Waals surface area contributed by atoms with E-state index in [9.17, 15) is 9.59 Å². The molecule has 0 aliphatic heterocycles. The lowest BCUT2D eigenvalue weighted by atomic mass is 10.1. The maximum absolute atomic E-state index is 11.7. The maximum Gasteiger partial charge on any atom is 0.173 e. The van der Waals surface area contributed by atoms with Crippen molar-refractivity contribution in [3.63, 3.8) is 0 Å². The van der Waals surface area contributed by atoms with Crippen molar-refractivity contribution in [3.05, 3.63) is 47.5 Å². The molecule has 0 amide bonds. The van der Waals surface area contributed by atoms with Gasteiger partial charge in [0.15, 0.2) is 11.6 Å². The smallest absolute Gasteiger partial charge is 0.173 e. The zero-order valence-corrected chi connectivity index (χ0v) is 14.5. The molecule has 0 bridgehead atoms. The average Bonchev–Trinajstić information content (AvgIpc) is 2.57. The van der Waals surface area contributed by atoms with E-state index in [0.29, 0.717) is 33.2 Å². The summed E-state index contributed by atoms with van der Waals surface area (Å²) in [6.45, 7) is 0. The third kappa shape index (κ3) is 2.80. The predicted molar refractivity (Wildman–Crippen MR) is 93.3 cm³/mol. The molecule has 110 valence electrons. The number of benzene rings is 2. The van der Waals surface area contributed by atoms with Gasteiger partial charge < -0.3 is 0 Å². The molecule has 1 aromatic heterocycles. The average molecular weight is 422 g/mol. The molecule has 3 aromatic rings. The highest BCUT2D eigenvalue weighted by atomic mass is 79.9. The summed E-state index contributed by atoms with van der Waals surface area (Å²) in [5.41, 5.74) is 3.93. The first-order chi connectivity index (χ1) is 10.6. The van der Waals surface area contributed by atoms with Gasteiger partial charge in [-0.3, -0.25) is 9.59 Å². The Bertz CT molecular complexity index is 834. The van der Waals surface area contributed by atoms with Crippen molar-refractivity contribution >= 4 is 65.5 Å². The first kappa shape index (κ1) is 15.2. The number of alkyl halides is 2. The third-order valence-electron chi connectivity index (χ3n) is 3.32. The minimum Gasteiger partial charge on any atom is -0.293 e. The van der Waals surface area contributed by atoms with Crippen molar-refractivity contribution in [1.29, 1.82) is 0 Å². The molecule has 6 heteroatoms. The second-order valence-corrected chi connectivity index (χ2v) is 5.87. The SMILES string of the molecule is O=C(CBr)c1ccc2nc3cc(C(=O)CBr)ccc3nc2c1. The normalized spacial score (nSPS) is 11.0. The van der Waals surface area contributed by atoms with E-state index in [0.717, 1.165) is 0 Å². The van der Waals surface area contributed by atoms with E-state index in [1.54, 1.807) is 36.4 Å². The highest BCUT2D eigenvalue weighted by Crippen LogP contribution is 2.19. The van der Waals surface area contributed by atoms with E-state index in [4.69, 9.17) is 0 Å². The standard InChI is InChI=1S/C16H10Br2N2O2/c17-7-15(21)9-1-3-11-13(5-9)20-12-4-2-10(16(22)8-18)6-14(12)19-11/h1-6H,7-8H2. The van der Waals surface area contributed by atoms with Gasteiger partial charge in [0.1, 0.15) is 0 Å². The Hall–Kier alpha value is -1.66. The topological polar surface area (TPSA) is 59.9 Å². The zero-order valence-electron chi connectivity index (χ0n) is 11.3. The number of halogens is 2. The highest BCUT2D eigenvalue weighted by molar-refractivity contribution is 9.09. The number of ketones is 2. The molecule has 0 aliphatic rings. The van der Waals surface area contributed by atoms with Crippen LogP contribution < -0.4 is 0 Å². The Labute approximate surface area is 143 Å². The van der Waals surface area contributed by atoms with Gasteiger partial charge in [0.05, 0.1) is 32.7 Å². The highest BCUT2D eigenvalue weighted by Gasteiger charge is 2.09. The van der Waals surface area contributed by atoms with Crippen LogP contribution in [0.4, 0.5) is 0 Å². The Kier molecular flexibility index (Phi) is 4.31. The summed E-state index contributed by atoms with van der Waals surface area (Å²) in [5, 5.41) is 0.551. The molecule has 0 saturated heterocycles. The van der Waals surface area contributed by atoms with Crippen LogP contribution >= 0.6 is 31.9 Å². The molecular weight excluding hydrogens is 412 g/mol. The number of aromatic nitrogens is 2. The lowest BCUT2D eigenvalue weighted by Crippen LogP contribution is -2.01. The van der Waals surface area contributed by atoms with E-state index in [1.165, 1.54) is 0 Å². The van der Waals surface area contributed by atoms with Gasteiger partial charge in [-0.1, -0.05) is 31.9 Å². The fourth-order valence-corrected chi connectivity index (χ4v) is 2.82. The van der Waals surface area contributed by atoms with Crippen LogP contribution in [0.2, 0.25) is 0 Å². The summed E-state index contributed by atoms with van der Waals surface area (Å²) in [7, 11) is 0. The van der Waals surface area contributed by atoms with Gasteiger partial charge in [-0.05, 0) is 36.4 Å². The first-order valence-electron chi connectivity index (χ1n) is 6.52. The first-order valence-corrected chi connectivity index (χ1v) is 8.76. The van der Waals surface area contributed by atoms with E-state index in [1.807, 2.05) is 0 Å². The number of rotatable bonds is 4. The number of nitrogens with zero attached hydrogens (tertiary/aromatic N) is 2. The number of carbonyl (C=O) groups excluding carboxylic acids is 2. The molecule has 0 unspecified atom stereocenters. The van der Waals surface area contributed by atoms with Crippen molar-refractivity contribution in [2.45, 2.75) is 0 Å². The molecule has 4 nitrogen and oxygen atoms in total. The predicted octanol–water partition coefficient (Wildman–Crippen LogP) is 3.94. The Morgan fingerprint density at radius 3 is 1.50 bits per heavy atom. The monoisotopic (exact) mass is 420 g/mol. The zero-order chi connectivity index (χ0) is 15.7. The van der Waals surface area contributed by atoms with Crippen LogP contribution in [0.25, 0.3) is 22.1 Å². The van der Waals surface area contributed by atoms with Crippen molar-refractivity contribution in [2.75, 3.05) is 10.7 Å². The van der Waals surface area contributed by atoms with Gasteiger partial charge in [-0.15, -0.1) is 0 Å². The quantitative estimate of drug-likeness (QED) is 0.363. The molecule has 3 rings (SSSR count). The number of hydrogen-bond acceptors (Lipinski definition) is 4. The molecule has 22 heavy (non-hydrogen) atoms. The van der Waals surface area contributed by atoms with Crippen molar-refractivity contribution in [2.24, 2.45) is 0 Å². The van der Waals surface area contributed by atoms with Gasteiger partial charge in [0, 0.05) is 11.1 Å². The van der Waals surface area contributed by atoms with Crippen LogP contribution in [0.15, 0.2) is 36.4 Å². The largest absolute Gasteiger partial charge is 0.293 e. The van der Waals surface area contributed by atoms with Gasteiger partial charge in [0.25, 0.3) is 0 Å². The minimum absolute atomic E-state index is 0.00191. The van der Waals surface area contributed by atoms with Crippen molar-refractivity contribution in [3.8, 4) is 0 Å².